The fourth-order valence-electron chi connectivity index (χ4n) is 8.37. The fourth-order valence-corrected chi connectivity index (χ4v) is 9.82. The van der Waals surface area contributed by atoms with E-state index in [0.717, 1.165) is 43.2 Å². The standard InChI is InChI=1S/C35H50O5S/c36-41(37,40-22-21-35(38-23-24-39-35)31-19-11-4-12-20-31)34-32(28-15-7-2-8-16-28)25-30(27-13-5-1-6-14-27)26-33(34)29-17-9-3-10-18-29/h4,11-12,19,25-29,31H,1-3,5-10,13-18,20-24H2. The van der Waals surface area contributed by atoms with Crippen LogP contribution in [-0.4, -0.2) is 34.0 Å². The van der Waals surface area contributed by atoms with Crippen molar-refractivity contribution in [3.8, 4) is 0 Å². The highest BCUT2D eigenvalue weighted by molar-refractivity contribution is 7.86. The van der Waals surface area contributed by atoms with Crippen molar-refractivity contribution in [1.82, 2.24) is 0 Å². The molecule has 1 unspecified atom stereocenters. The van der Waals surface area contributed by atoms with Gasteiger partial charge in [0.05, 0.1) is 19.8 Å². The Morgan fingerprint density at radius 1 is 0.732 bits per heavy atom. The van der Waals surface area contributed by atoms with Crippen LogP contribution in [0.1, 0.15) is 144 Å². The zero-order chi connectivity index (χ0) is 28.1. The highest BCUT2D eigenvalue weighted by atomic mass is 32.2. The highest BCUT2D eigenvalue weighted by Gasteiger charge is 2.43. The van der Waals surface area contributed by atoms with E-state index in [-0.39, 0.29) is 12.5 Å². The van der Waals surface area contributed by atoms with E-state index in [2.05, 4.69) is 24.3 Å². The molecular weight excluding hydrogens is 532 g/mol. The Morgan fingerprint density at radius 3 is 1.78 bits per heavy atom. The third-order valence-corrected chi connectivity index (χ3v) is 12.0. The molecule has 4 fully saturated rings. The van der Waals surface area contributed by atoms with Crippen LogP contribution >= 0.6 is 0 Å². The maximum absolute atomic E-state index is 14.4. The molecule has 0 aromatic heterocycles. The number of hydrogen-bond acceptors (Lipinski definition) is 5. The lowest BCUT2D eigenvalue weighted by molar-refractivity contribution is -0.191. The first-order chi connectivity index (χ1) is 20.1. The predicted molar refractivity (Wildman–Crippen MR) is 163 cm³/mol. The first-order valence-corrected chi connectivity index (χ1v) is 18.1. The summed E-state index contributed by atoms with van der Waals surface area (Å²) in [5.41, 5.74) is 3.53. The third-order valence-electron chi connectivity index (χ3n) is 10.6. The molecule has 0 amide bonds. The number of benzene rings is 1. The summed E-state index contributed by atoms with van der Waals surface area (Å²) < 4.78 is 47.0. The lowest BCUT2D eigenvalue weighted by atomic mass is 9.76. The van der Waals surface area contributed by atoms with E-state index in [0.29, 0.717) is 42.3 Å². The molecule has 6 heteroatoms. The van der Waals surface area contributed by atoms with E-state index < -0.39 is 15.9 Å². The van der Waals surface area contributed by atoms with E-state index in [1.54, 1.807) is 0 Å². The molecule has 1 aromatic rings. The number of rotatable bonds is 9. The van der Waals surface area contributed by atoms with Crippen molar-refractivity contribution >= 4 is 10.1 Å². The normalized spacial score (nSPS) is 26.5. The molecular formula is C35H50O5S. The van der Waals surface area contributed by atoms with Crippen molar-refractivity contribution in [1.29, 1.82) is 0 Å². The van der Waals surface area contributed by atoms with Crippen molar-refractivity contribution in [2.45, 2.75) is 138 Å². The molecule has 226 valence electrons. The minimum Gasteiger partial charge on any atom is -0.347 e. The van der Waals surface area contributed by atoms with Crippen molar-refractivity contribution < 1.29 is 22.1 Å². The smallest absolute Gasteiger partial charge is 0.297 e. The summed E-state index contributed by atoms with van der Waals surface area (Å²) in [6.07, 6.45) is 27.4. The topological polar surface area (TPSA) is 61.8 Å². The largest absolute Gasteiger partial charge is 0.347 e. The average Bonchev–Trinajstić information content (AvgIpc) is 3.52. The molecule has 0 bridgehead atoms. The summed E-state index contributed by atoms with van der Waals surface area (Å²) in [4.78, 5) is 0.527. The van der Waals surface area contributed by atoms with Gasteiger partial charge in [0, 0.05) is 12.3 Å². The molecule has 1 atom stereocenters. The molecule has 0 spiro atoms. The zero-order valence-corrected chi connectivity index (χ0v) is 25.7. The van der Waals surface area contributed by atoms with Crippen LogP contribution in [0.25, 0.3) is 0 Å². The minimum atomic E-state index is -3.96. The van der Waals surface area contributed by atoms with Gasteiger partial charge < -0.3 is 9.47 Å². The van der Waals surface area contributed by atoms with E-state index >= 15 is 0 Å². The van der Waals surface area contributed by atoms with Crippen LogP contribution in [0, 0.1) is 5.92 Å². The summed E-state index contributed by atoms with van der Waals surface area (Å²) >= 11 is 0. The van der Waals surface area contributed by atoms with Gasteiger partial charge in [-0.05, 0) is 79.4 Å². The average molecular weight is 583 g/mol. The van der Waals surface area contributed by atoms with E-state index in [9.17, 15) is 8.42 Å². The van der Waals surface area contributed by atoms with Crippen molar-refractivity contribution in [2.75, 3.05) is 19.8 Å². The van der Waals surface area contributed by atoms with Gasteiger partial charge in [-0.25, -0.2) is 0 Å². The highest BCUT2D eigenvalue weighted by Crippen LogP contribution is 2.46. The Kier molecular flexibility index (Phi) is 9.71. The number of allylic oxidation sites excluding steroid dienone is 3. The van der Waals surface area contributed by atoms with Crippen LogP contribution in [0.2, 0.25) is 0 Å². The molecule has 4 aliphatic carbocycles. The SMILES string of the molecule is O=S(=O)(OCCC1(C2C=CC=CC2)OCCO1)c1c(C2CCCCC2)cc(C2CCCCC2)cc1C1CCCCC1. The molecule has 1 saturated heterocycles. The Balaban J connectivity index is 1.33. The maximum atomic E-state index is 14.4. The third kappa shape index (κ3) is 6.71. The van der Waals surface area contributed by atoms with Gasteiger partial charge in [-0.2, -0.15) is 8.42 Å². The summed E-state index contributed by atoms with van der Waals surface area (Å²) in [6.45, 7) is 1.12. The van der Waals surface area contributed by atoms with Gasteiger partial charge >= 0.3 is 0 Å². The molecule has 0 radical (unpaired) electrons. The van der Waals surface area contributed by atoms with Crippen LogP contribution in [0.3, 0.4) is 0 Å². The van der Waals surface area contributed by atoms with Crippen LogP contribution in [0.5, 0.6) is 0 Å². The predicted octanol–water partition coefficient (Wildman–Crippen LogP) is 8.80. The molecule has 5 nitrogen and oxygen atoms in total. The van der Waals surface area contributed by atoms with E-state index in [1.165, 1.54) is 76.2 Å². The van der Waals surface area contributed by atoms with Gasteiger partial charge in [0.2, 0.25) is 0 Å². The molecule has 0 N–H and O–H groups in total. The second-order valence-corrected chi connectivity index (χ2v) is 14.8. The molecule has 1 aliphatic heterocycles. The summed E-state index contributed by atoms with van der Waals surface area (Å²) in [7, 11) is -3.96. The molecule has 6 rings (SSSR count). The second kappa shape index (κ2) is 13.4. The van der Waals surface area contributed by atoms with Crippen molar-refractivity contribution in [3.63, 3.8) is 0 Å². The van der Waals surface area contributed by atoms with Gasteiger partial charge in [0.15, 0.2) is 5.79 Å². The van der Waals surface area contributed by atoms with Crippen LogP contribution < -0.4 is 0 Å². The Hall–Kier alpha value is -1.47. The number of hydrogen-bond donors (Lipinski definition) is 0. The monoisotopic (exact) mass is 582 g/mol. The fraction of sp³-hybridized carbons (Fsp3) is 0.714. The molecule has 1 heterocycles. The molecule has 5 aliphatic rings. The van der Waals surface area contributed by atoms with Gasteiger partial charge in [-0.1, -0.05) is 94.2 Å². The zero-order valence-electron chi connectivity index (χ0n) is 24.9. The van der Waals surface area contributed by atoms with Crippen molar-refractivity contribution in [3.05, 3.63) is 53.1 Å². The number of ether oxygens (including phenoxy) is 2. The van der Waals surface area contributed by atoms with Gasteiger partial charge in [0.1, 0.15) is 4.90 Å². The van der Waals surface area contributed by atoms with E-state index in [4.69, 9.17) is 13.7 Å². The lowest BCUT2D eigenvalue weighted by Crippen LogP contribution is -2.40. The van der Waals surface area contributed by atoms with Gasteiger partial charge in [0.25, 0.3) is 10.1 Å². The molecule has 41 heavy (non-hydrogen) atoms. The minimum absolute atomic E-state index is 0.0617. The first kappa shape index (κ1) is 29.6. The van der Waals surface area contributed by atoms with Gasteiger partial charge in [-0.15, -0.1) is 0 Å². The van der Waals surface area contributed by atoms with Crippen LogP contribution in [-0.2, 0) is 23.8 Å². The second-order valence-electron chi connectivity index (χ2n) is 13.2. The Bertz CT molecular complexity index is 1140. The Morgan fingerprint density at radius 2 is 1.27 bits per heavy atom. The van der Waals surface area contributed by atoms with Gasteiger partial charge in [-0.3, -0.25) is 4.18 Å². The van der Waals surface area contributed by atoms with Crippen LogP contribution in [0.15, 0.2) is 41.3 Å². The summed E-state index contributed by atoms with van der Waals surface area (Å²) in [5, 5.41) is 0. The lowest BCUT2D eigenvalue weighted by Gasteiger charge is -2.34. The molecule has 1 aromatic carbocycles. The molecule has 3 saturated carbocycles. The quantitative estimate of drug-likeness (QED) is 0.272. The summed E-state index contributed by atoms with van der Waals surface area (Å²) in [6, 6.07) is 4.64. The maximum Gasteiger partial charge on any atom is 0.297 e. The van der Waals surface area contributed by atoms with E-state index in [1.807, 2.05) is 12.2 Å². The Labute approximate surface area is 248 Å². The first-order valence-electron chi connectivity index (χ1n) is 16.7. The van der Waals surface area contributed by atoms with Crippen LogP contribution in [0.4, 0.5) is 0 Å². The summed E-state index contributed by atoms with van der Waals surface area (Å²) in [5.74, 6) is 0.400. The van der Waals surface area contributed by atoms with Crippen molar-refractivity contribution in [2.24, 2.45) is 5.92 Å².